The zero-order chi connectivity index (χ0) is 20.9. The van der Waals surface area contributed by atoms with Crippen LogP contribution in [0.5, 0.6) is 0 Å². The molecule has 0 radical (unpaired) electrons. The molecule has 1 heterocycles. The number of hydrogen-bond donors (Lipinski definition) is 1. The molecular weight excluding hydrogens is 388 g/mol. The van der Waals surface area contributed by atoms with Gasteiger partial charge in [0.25, 0.3) is 0 Å². The SMILES string of the molecule is CC(=O)c1ccc(S(=O)(=O)N2CCCCC2C(=O)NCCCC2CCCC2)cc1. The van der Waals surface area contributed by atoms with E-state index in [0.717, 1.165) is 31.6 Å². The molecule has 1 amide bonds. The number of hydrogen-bond acceptors (Lipinski definition) is 4. The molecule has 6 nitrogen and oxygen atoms in total. The van der Waals surface area contributed by atoms with Crippen molar-refractivity contribution in [1.29, 1.82) is 0 Å². The van der Waals surface area contributed by atoms with Gasteiger partial charge in [0.15, 0.2) is 5.78 Å². The molecule has 160 valence electrons. The summed E-state index contributed by atoms with van der Waals surface area (Å²) in [4.78, 5) is 24.3. The monoisotopic (exact) mass is 420 g/mol. The molecule has 29 heavy (non-hydrogen) atoms. The maximum absolute atomic E-state index is 13.1. The molecule has 3 rings (SSSR count). The summed E-state index contributed by atoms with van der Waals surface area (Å²) in [6.07, 6.45) is 9.44. The number of Topliss-reactive ketones (excluding diaryl/α,β-unsaturated/α-hetero) is 1. The van der Waals surface area contributed by atoms with Crippen LogP contribution >= 0.6 is 0 Å². The predicted octanol–water partition coefficient (Wildman–Crippen LogP) is 3.52. The molecule has 0 spiro atoms. The Hall–Kier alpha value is -1.73. The van der Waals surface area contributed by atoms with Crippen LogP contribution in [-0.4, -0.2) is 43.5 Å². The van der Waals surface area contributed by atoms with Gasteiger partial charge in [-0.3, -0.25) is 9.59 Å². The zero-order valence-corrected chi connectivity index (χ0v) is 18.0. The van der Waals surface area contributed by atoms with E-state index in [-0.39, 0.29) is 16.6 Å². The molecule has 1 saturated carbocycles. The number of carbonyl (C=O) groups excluding carboxylic acids is 2. The van der Waals surface area contributed by atoms with E-state index in [4.69, 9.17) is 0 Å². The molecule has 0 bridgehead atoms. The maximum Gasteiger partial charge on any atom is 0.243 e. The molecule has 0 aromatic heterocycles. The molecule has 1 saturated heterocycles. The molecule has 7 heteroatoms. The molecule has 1 aliphatic carbocycles. The lowest BCUT2D eigenvalue weighted by molar-refractivity contribution is -0.125. The van der Waals surface area contributed by atoms with Crippen LogP contribution in [0.2, 0.25) is 0 Å². The number of sulfonamides is 1. The predicted molar refractivity (Wildman–Crippen MR) is 112 cm³/mol. The highest BCUT2D eigenvalue weighted by Crippen LogP contribution is 2.28. The van der Waals surface area contributed by atoms with Crippen molar-refractivity contribution in [2.45, 2.75) is 75.6 Å². The number of rotatable bonds is 8. The van der Waals surface area contributed by atoms with Gasteiger partial charge in [-0.2, -0.15) is 4.31 Å². The van der Waals surface area contributed by atoms with Gasteiger partial charge in [-0.25, -0.2) is 8.42 Å². The van der Waals surface area contributed by atoms with Crippen molar-refractivity contribution in [2.75, 3.05) is 13.1 Å². The standard InChI is InChI=1S/C22H32N2O4S/c1-17(25)19-11-13-20(14-12-19)29(27,28)24-16-5-4-10-21(24)22(26)23-15-6-9-18-7-2-3-8-18/h11-14,18,21H,2-10,15-16H2,1H3,(H,23,26). The van der Waals surface area contributed by atoms with Gasteiger partial charge in [-0.05, 0) is 50.7 Å². The van der Waals surface area contributed by atoms with Gasteiger partial charge in [-0.1, -0.05) is 44.2 Å². The molecule has 1 N–H and O–H groups in total. The highest BCUT2D eigenvalue weighted by molar-refractivity contribution is 7.89. The third-order valence-electron chi connectivity index (χ3n) is 6.19. The summed E-state index contributed by atoms with van der Waals surface area (Å²) in [5.74, 6) is 0.485. The minimum atomic E-state index is -3.78. The normalized spacial score (nSPS) is 21.2. The fourth-order valence-electron chi connectivity index (χ4n) is 4.47. The maximum atomic E-state index is 13.1. The van der Waals surface area contributed by atoms with E-state index in [2.05, 4.69) is 5.32 Å². The number of nitrogens with zero attached hydrogens (tertiary/aromatic N) is 1. The Balaban J connectivity index is 1.62. The first kappa shape index (κ1) is 22.0. The van der Waals surface area contributed by atoms with Crippen molar-refractivity contribution >= 4 is 21.7 Å². The summed E-state index contributed by atoms with van der Waals surface area (Å²) in [6, 6.07) is 5.30. The highest BCUT2D eigenvalue weighted by atomic mass is 32.2. The minimum absolute atomic E-state index is 0.109. The van der Waals surface area contributed by atoms with Gasteiger partial charge in [0.1, 0.15) is 6.04 Å². The lowest BCUT2D eigenvalue weighted by atomic mass is 10.0. The lowest BCUT2D eigenvalue weighted by Crippen LogP contribution is -2.51. The zero-order valence-electron chi connectivity index (χ0n) is 17.2. The van der Waals surface area contributed by atoms with E-state index in [9.17, 15) is 18.0 Å². The second-order valence-corrected chi connectivity index (χ2v) is 10.2. The van der Waals surface area contributed by atoms with Gasteiger partial charge >= 0.3 is 0 Å². The van der Waals surface area contributed by atoms with E-state index in [1.807, 2.05) is 0 Å². The molecular formula is C22H32N2O4S. The summed E-state index contributed by atoms with van der Waals surface area (Å²) >= 11 is 0. The lowest BCUT2D eigenvalue weighted by Gasteiger charge is -2.33. The number of carbonyl (C=O) groups is 2. The van der Waals surface area contributed by atoms with Crippen molar-refractivity contribution in [3.05, 3.63) is 29.8 Å². The average Bonchev–Trinajstić information content (AvgIpc) is 3.24. The van der Waals surface area contributed by atoms with Crippen molar-refractivity contribution in [3.63, 3.8) is 0 Å². The summed E-state index contributed by atoms with van der Waals surface area (Å²) < 4.78 is 27.6. The van der Waals surface area contributed by atoms with Gasteiger partial charge in [-0.15, -0.1) is 0 Å². The average molecular weight is 421 g/mol. The first-order valence-corrected chi connectivity index (χ1v) is 12.2. The molecule has 1 aliphatic heterocycles. The van der Waals surface area contributed by atoms with E-state index >= 15 is 0 Å². The quantitative estimate of drug-likeness (QED) is 0.515. The van der Waals surface area contributed by atoms with Crippen LogP contribution in [0.1, 0.15) is 75.1 Å². The van der Waals surface area contributed by atoms with Crippen LogP contribution in [-0.2, 0) is 14.8 Å². The number of amides is 1. The largest absolute Gasteiger partial charge is 0.355 e. The summed E-state index contributed by atoms with van der Waals surface area (Å²) in [6.45, 7) is 2.39. The fourth-order valence-corrected chi connectivity index (χ4v) is 6.13. The number of nitrogens with one attached hydrogen (secondary N) is 1. The molecule has 1 aromatic rings. The first-order valence-electron chi connectivity index (χ1n) is 10.8. The minimum Gasteiger partial charge on any atom is -0.355 e. The summed E-state index contributed by atoms with van der Waals surface area (Å²) in [5.41, 5.74) is 0.471. The van der Waals surface area contributed by atoms with E-state index in [0.29, 0.717) is 25.1 Å². The van der Waals surface area contributed by atoms with Crippen molar-refractivity contribution < 1.29 is 18.0 Å². The van der Waals surface area contributed by atoms with Gasteiger partial charge in [0.2, 0.25) is 15.9 Å². The molecule has 1 aromatic carbocycles. The van der Waals surface area contributed by atoms with Crippen LogP contribution in [0, 0.1) is 5.92 Å². The van der Waals surface area contributed by atoms with Gasteiger partial charge in [0.05, 0.1) is 4.90 Å². The third kappa shape index (κ3) is 5.45. The van der Waals surface area contributed by atoms with E-state index in [1.165, 1.54) is 61.2 Å². The van der Waals surface area contributed by atoms with Crippen molar-refractivity contribution in [3.8, 4) is 0 Å². The van der Waals surface area contributed by atoms with Crippen LogP contribution in [0.4, 0.5) is 0 Å². The topological polar surface area (TPSA) is 83.6 Å². The fraction of sp³-hybridized carbons (Fsp3) is 0.636. The second kappa shape index (κ2) is 9.85. The van der Waals surface area contributed by atoms with E-state index < -0.39 is 16.1 Å². The highest BCUT2D eigenvalue weighted by Gasteiger charge is 2.37. The smallest absolute Gasteiger partial charge is 0.243 e. The molecule has 2 aliphatic rings. The van der Waals surface area contributed by atoms with Crippen molar-refractivity contribution in [2.24, 2.45) is 5.92 Å². The van der Waals surface area contributed by atoms with Crippen LogP contribution in [0.3, 0.4) is 0 Å². The van der Waals surface area contributed by atoms with Gasteiger partial charge < -0.3 is 5.32 Å². The Morgan fingerprint density at radius 2 is 1.69 bits per heavy atom. The Morgan fingerprint density at radius 3 is 2.34 bits per heavy atom. The van der Waals surface area contributed by atoms with Crippen LogP contribution in [0.25, 0.3) is 0 Å². The summed E-state index contributed by atoms with van der Waals surface area (Å²) in [5, 5.41) is 2.96. The Bertz CT molecular complexity index is 814. The Labute approximate surface area is 174 Å². The second-order valence-electron chi connectivity index (χ2n) is 8.29. The summed E-state index contributed by atoms with van der Waals surface area (Å²) in [7, 11) is -3.78. The molecule has 1 unspecified atom stereocenters. The van der Waals surface area contributed by atoms with Crippen LogP contribution in [0.15, 0.2) is 29.2 Å². The number of piperidine rings is 1. The van der Waals surface area contributed by atoms with Crippen LogP contribution < -0.4 is 5.32 Å². The number of ketones is 1. The Morgan fingerprint density at radius 1 is 1.03 bits per heavy atom. The Kier molecular flexibility index (Phi) is 7.46. The number of benzene rings is 1. The molecule has 1 atom stereocenters. The van der Waals surface area contributed by atoms with Crippen molar-refractivity contribution in [1.82, 2.24) is 9.62 Å². The third-order valence-corrected chi connectivity index (χ3v) is 8.11. The first-order chi connectivity index (χ1) is 13.9. The van der Waals surface area contributed by atoms with Gasteiger partial charge in [0, 0.05) is 18.7 Å². The molecule has 2 fully saturated rings. The van der Waals surface area contributed by atoms with E-state index in [1.54, 1.807) is 0 Å².